The Labute approximate surface area is 154 Å². The molecule has 3 heterocycles. The molecule has 0 bridgehead atoms. The van der Waals surface area contributed by atoms with Crippen molar-refractivity contribution in [1.29, 1.82) is 0 Å². The van der Waals surface area contributed by atoms with Crippen LogP contribution in [0, 0.1) is 5.82 Å². The zero-order valence-electron chi connectivity index (χ0n) is 15.8. The monoisotopic (exact) mass is 361 g/mol. The van der Waals surface area contributed by atoms with Gasteiger partial charge in [-0.2, -0.15) is 4.98 Å². The van der Waals surface area contributed by atoms with E-state index in [0.717, 1.165) is 45.4 Å². The maximum atomic E-state index is 13.6. The third-order valence-electron chi connectivity index (χ3n) is 4.86. The number of halogens is 1. The molecule has 1 aliphatic heterocycles. The summed E-state index contributed by atoms with van der Waals surface area (Å²) >= 11 is 0. The number of nitrogens with one attached hydrogen (secondary N) is 1. The summed E-state index contributed by atoms with van der Waals surface area (Å²) in [5.74, 6) is 2.03. The third kappa shape index (κ3) is 4.30. The second-order valence-electron chi connectivity index (χ2n) is 7.01. The highest BCUT2D eigenvalue weighted by Crippen LogP contribution is 2.29. The molecule has 7 nitrogen and oxygen atoms in total. The fourth-order valence-electron chi connectivity index (χ4n) is 3.45. The quantitative estimate of drug-likeness (QED) is 0.816. The number of aryl methyl sites for hydroxylation is 1. The summed E-state index contributed by atoms with van der Waals surface area (Å²) in [4.78, 5) is 17.4. The molecule has 0 aromatic carbocycles. The average molecular weight is 361 g/mol. The molecule has 1 N–H and O–H groups in total. The Morgan fingerprint density at radius 1 is 1.27 bits per heavy atom. The molecule has 0 unspecified atom stereocenters. The van der Waals surface area contributed by atoms with Gasteiger partial charge in [0.25, 0.3) is 0 Å². The molecule has 2 aromatic heterocycles. The van der Waals surface area contributed by atoms with Crippen molar-refractivity contribution in [3.63, 3.8) is 0 Å². The number of rotatable bonds is 7. The van der Waals surface area contributed by atoms with Gasteiger partial charge in [0, 0.05) is 45.0 Å². The first-order chi connectivity index (χ1) is 12.6. The molecule has 1 saturated heterocycles. The summed E-state index contributed by atoms with van der Waals surface area (Å²) in [6.45, 7) is 3.78. The van der Waals surface area contributed by atoms with Crippen molar-refractivity contribution in [1.82, 2.24) is 24.4 Å². The van der Waals surface area contributed by atoms with E-state index < -0.39 is 5.82 Å². The molecule has 0 aliphatic carbocycles. The zero-order chi connectivity index (χ0) is 18.5. The Morgan fingerprint density at radius 2 is 2.04 bits per heavy atom. The molecule has 8 heteroatoms. The number of piperidine rings is 1. The van der Waals surface area contributed by atoms with E-state index in [1.807, 2.05) is 6.20 Å². The van der Waals surface area contributed by atoms with Crippen LogP contribution in [-0.4, -0.2) is 65.2 Å². The Bertz CT molecular complexity index is 707. The van der Waals surface area contributed by atoms with Gasteiger partial charge in [0.2, 0.25) is 5.95 Å². The van der Waals surface area contributed by atoms with E-state index in [4.69, 9.17) is 0 Å². The summed E-state index contributed by atoms with van der Waals surface area (Å²) in [5.41, 5.74) is 0. The lowest BCUT2D eigenvalue weighted by Crippen LogP contribution is -2.35. The van der Waals surface area contributed by atoms with E-state index in [2.05, 4.69) is 54.9 Å². The fourth-order valence-corrected chi connectivity index (χ4v) is 3.45. The van der Waals surface area contributed by atoms with E-state index in [0.29, 0.717) is 11.9 Å². The topological polar surface area (TPSA) is 62.1 Å². The highest BCUT2D eigenvalue weighted by atomic mass is 19.1. The normalized spacial score (nSPS) is 15.7. The molecule has 2 aromatic rings. The van der Waals surface area contributed by atoms with Crippen LogP contribution in [0.2, 0.25) is 0 Å². The highest BCUT2D eigenvalue weighted by molar-refractivity contribution is 5.42. The summed E-state index contributed by atoms with van der Waals surface area (Å²) in [6, 6.07) is 0. The van der Waals surface area contributed by atoms with Crippen LogP contribution in [-0.2, 0) is 6.54 Å². The molecule has 142 valence electrons. The van der Waals surface area contributed by atoms with Gasteiger partial charge in [-0.3, -0.25) is 0 Å². The van der Waals surface area contributed by atoms with Crippen LogP contribution in [0.3, 0.4) is 0 Å². The van der Waals surface area contributed by atoms with Gasteiger partial charge in [0.15, 0.2) is 11.6 Å². The van der Waals surface area contributed by atoms with E-state index in [9.17, 15) is 4.39 Å². The average Bonchev–Trinajstić information content (AvgIpc) is 3.10. The molecule has 0 saturated carbocycles. The number of aromatic nitrogens is 4. The minimum absolute atomic E-state index is 0.244. The second kappa shape index (κ2) is 8.44. The van der Waals surface area contributed by atoms with Crippen molar-refractivity contribution >= 4 is 11.8 Å². The second-order valence-corrected chi connectivity index (χ2v) is 7.01. The van der Waals surface area contributed by atoms with Crippen LogP contribution in [0.1, 0.15) is 31.0 Å². The van der Waals surface area contributed by atoms with E-state index in [-0.39, 0.29) is 5.82 Å². The molecule has 0 atom stereocenters. The third-order valence-corrected chi connectivity index (χ3v) is 4.86. The lowest BCUT2D eigenvalue weighted by molar-refractivity contribution is 0.379. The zero-order valence-corrected chi connectivity index (χ0v) is 15.8. The minimum atomic E-state index is -0.425. The van der Waals surface area contributed by atoms with Gasteiger partial charge < -0.3 is 19.7 Å². The van der Waals surface area contributed by atoms with Crippen LogP contribution >= 0.6 is 0 Å². The fraction of sp³-hybridized carbons (Fsp3) is 0.611. The number of imidazole rings is 1. The largest absolute Gasteiger partial charge is 0.371 e. The first kappa shape index (κ1) is 18.6. The van der Waals surface area contributed by atoms with Gasteiger partial charge in [-0.05, 0) is 39.9 Å². The van der Waals surface area contributed by atoms with Crippen molar-refractivity contribution in [3.8, 4) is 0 Å². The highest BCUT2D eigenvalue weighted by Gasteiger charge is 2.25. The summed E-state index contributed by atoms with van der Waals surface area (Å²) in [7, 11) is 5.86. The summed E-state index contributed by atoms with van der Waals surface area (Å²) < 4.78 is 15.9. The Morgan fingerprint density at radius 3 is 2.73 bits per heavy atom. The van der Waals surface area contributed by atoms with Gasteiger partial charge in [0.05, 0.1) is 6.20 Å². The lowest BCUT2D eigenvalue weighted by Gasteiger charge is -2.32. The summed E-state index contributed by atoms with van der Waals surface area (Å²) in [5, 5.41) is 2.77. The standard InChI is InChI=1S/C18H28FN7/c1-20-16-15(19)13-22-18(23-16)26-10-5-14(6-11-26)17-21-7-12-25(17)9-4-8-24(2)3/h7,12-14H,4-6,8-11H2,1-3H3,(H,20,22,23). The molecule has 0 amide bonds. The van der Waals surface area contributed by atoms with Crippen LogP contribution in [0.4, 0.5) is 16.2 Å². The van der Waals surface area contributed by atoms with Gasteiger partial charge >= 0.3 is 0 Å². The van der Waals surface area contributed by atoms with E-state index in [1.54, 1.807) is 7.05 Å². The van der Waals surface area contributed by atoms with Crippen LogP contribution < -0.4 is 10.2 Å². The van der Waals surface area contributed by atoms with Crippen molar-refractivity contribution in [2.45, 2.75) is 31.7 Å². The SMILES string of the molecule is CNc1nc(N2CCC(c3nccn3CCCN(C)C)CC2)ncc1F. The predicted molar refractivity (Wildman–Crippen MR) is 101 cm³/mol. The molecular formula is C18H28FN7. The first-order valence-corrected chi connectivity index (χ1v) is 9.19. The van der Waals surface area contributed by atoms with Gasteiger partial charge in [-0.15, -0.1) is 0 Å². The molecule has 26 heavy (non-hydrogen) atoms. The van der Waals surface area contributed by atoms with Gasteiger partial charge in [-0.25, -0.2) is 14.4 Å². The smallest absolute Gasteiger partial charge is 0.227 e. The molecule has 1 fully saturated rings. The Hall–Kier alpha value is -2.22. The predicted octanol–water partition coefficient (Wildman–Crippen LogP) is 2.19. The molecule has 3 rings (SSSR count). The van der Waals surface area contributed by atoms with Gasteiger partial charge in [-0.1, -0.05) is 0 Å². The molecule has 0 radical (unpaired) electrons. The Kier molecular flexibility index (Phi) is 6.03. The van der Waals surface area contributed by atoms with Crippen LogP contribution in [0.5, 0.6) is 0 Å². The maximum absolute atomic E-state index is 13.6. The van der Waals surface area contributed by atoms with E-state index >= 15 is 0 Å². The van der Waals surface area contributed by atoms with E-state index in [1.165, 1.54) is 12.0 Å². The van der Waals surface area contributed by atoms with Crippen LogP contribution in [0.25, 0.3) is 0 Å². The minimum Gasteiger partial charge on any atom is -0.371 e. The maximum Gasteiger partial charge on any atom is 0.227 e. The van der Waals surface area contributed by atoms with Crippen molar-refractivity contribution in [2.24, 2.45) is 0 Å². The number of hydrogen-bond donors (Lipinski definition) is 1. The van der Waals surface area contributed by atoms with Gasteiger partial charge in [0.1, 0.15) is 5.82 Å². The number of hydrogen-bond acceptors (Lipinski definition) is 6. The van der Waals surface area contributed by atoms with Crippen molar-refractivity contribution in [2.75, 3.05) is 51.0 Å². The van der Waals surface area contributed by atoms with Crippen LogP contribution in [0.15, 0.2) is 18.6 Å². The molecular weight excluding hydrogens is 333 g/mol. The molecule has 0 spiro atoms. The Balaban J connectivity index is 1.60. The number of nitrogens with zero attached hydrogens (tertiary/aromatic N) is 6. The number of anilines is 2. The summed E-state index contributed by atoms with van der Waals surface area (Å²) in [6.07, 6.45) is 8.34. The first-order valence-electron chi connectivity index (χ1n) is 9.19. The van der Waals surface area contributed by atoms with Crippen molar-refractivity contribution in [3.05, 3.63) is 30.2 Å². The van der Waals surface area contributed by atoms with Crippen molar-refractivity contribution < 1.29 is 4.39 Å². The molecule has 1 aliphatic rings. The lowest BCUT2D eigenvalue weighted by atomic mass is 9.96.